The van der Waals surface area contributed by atoms with Crippen LogP contribution in [0.1, 0.15) is 94.5 Å². The Morgan fingerprint density at radius 1 is 0.545 bits per heavy atom. The van der Waals surface area contributed by atoms with E-state index in [0.717, 1.165) is 33.9 Å². The zero-order valence-corrected chi connectivity index (χ0v) is 27.1. The van der Waals surface area contributed by atoms with E-state index in [9.17, 15) is 13.0 Å². The first kappa shape index (κ1) is 35.4. The first-order valence-corrected chi connectivity index (χ1v) is 17.7. The van der Waals surface area contributed by atoms with Crippen LogP contribution in [0.5, 0.6) is 0 Å². The first-order valence-electron chi connectivity index (χ1n) is 15.1. The molecule has 4 aromatic rings. The monoisotopic (exact) mass is 642 g/mol. The van der Waals surface area contributed by atoms with Gasteiger partial charge >= 0.3 is 0 Å². The van der Waals surface area contributed by atoms with Crippen LogP contribution in [0.15, 0.2) is 123 Å². The van der Waals surface area contributed by atoms with Crippen molar-refractivity contribution in [2.45, 2.75) is 97.4 Å². The Labute approximate surface area is 263 Å². The molecule has 0 aliphatic heterocycles. The molecule has 0 aliphatic rings. The summed E-state index contributed by atoms with van der Waals surface area (Å²) in [5, 5.41) is 0. The molecule has 0 radical (unpaired) electrons. The molecule has 0 fully saturated rings. The van der Waals surface area contributed by atoms with Crippen LogP contribution in [-0.2, 0) is 21.0 Å². The molecule has 0 spiro atoms. The highest BCUT2D eigenvalue weighted by atomic mass is 32.2. The molecule has 4 rings (SSSR count). The molecular formula is C36H41F3O3S2. The Hall–Kier alpha value is -3.07. The molecular weight excluding hydrogens is 602 g/mol. The molecule has 3 atom stereocenters. The molecule has 3 nitrogen and oxygen atoms in total. The molecule has 0 heterocycles. The van der Waals surface area contributed by atoms with Gasteiger partial charge in [-0.1, -0.05) is 113 Å². The Morgan fingerprint density at radius 2 is 0.841 bits per heavy atom. The predicted molar refractivity (Wildman–Crippen MR) is 172 cm³/mol. The largest absolute Gasteiger partial charge is 0.744 e. The summed E-state index contributed by atoms with van der Waals surface area (Å²) < 4.78 is 77.0. The number of halogens is 3. The fraction of sp³-hybridized carbons (Fsp3) is 0.333. The van der Waals surface area contributed by atoms with E-state index in [4.69, 9.17) is 0 Å². The van der Waals surface area contributed by atoms with Crippen molar-refractivity contribution in [3.05, 3.63) is 120 Å². The third-order valence-electron chi connectivity index (χ3n) is 7.09. The van der Waals surface area contributed by atoms with Crippen LogP contribution in [0, 0.1) is 0 Å². The smallest absolute Gasteiger partial charge is 0.172 e. The molecule has 0 saturated carbocycles. The highest BCUT2D eigenvalue weighted by Gasteiger charge is 2.39. The van der Waals surface area contributed by atoms with Crippen LogP contribution in [0.4, 0.5) is 13.2 Å². The van der Waals surface area contributed by atoms with E-state index in [1.54, 1.807) is 6.07 Å². The predicted octanol–water partition coefficient (Wildman–Crippen LogP) is 10.8. The maximum Gasteiger partial charge on any atom is 0.172 e. The van der Waals surface area contributed by atoms with Gasteiger partial charge in [-0.3, -0.25) is 0 Å². The minimum Gasteiger partial charge on any atom is -0.744 e. The van der Waals surface area contributed by atoms with Crippen molar-refractivity contribution in [1.82, 2.24) is 0 Å². The summed E-state index contributed by atoms with van der Waals surface area (Å²) in [5.41, 5.74) is 1.86. The number of benzene rings is 4. The van der Waals surface area contributed by atoms with Crippen molar-refractivity contribution in [3.63, 3.8) is 0 Å². The third kappa shape index (κ3) is 9.46. The fourth-order valence-electron chi connectivity index (χ4n) is 4.94. The molecule has 3 unspecified atom stereocenters. The second-order valence-corrected chi connectivity index (χ2v) is 13.8. The lowest BCUT2D eigenvalue weighted by Gasteiger charge is -2.20. The SMILES string of the molecule is CCCC(F)c1ccccc1[S+](c1ccccc1C(F)CCC)c1ccccc1C(F)CCC.O=S(=O)([O-])c1ccccc1. The summed E-state index contributed by atoms with van der Waals surface area (Å²) in [6, 6.07) is 29.8. The summed E-state index contributed by atoms with van der Waals surface area (Å²) in [6.07, 6.45) is 0.0628. The second-order valence-electron chi connectivity index (χ2n) is 10.5. The maximum atomic E-state index is 15.4. The fourth-order valence-corrected chi connectivity index (χ4v) is 8.09. The number of hydrogen-bond acceptors (Lipinski definition) is 3. The molecule has 0 bridgehead atoms. The maximum absolute atomic E-state index is 15.4. The van der Waals surface area contributed by atoms with E-state index in [2.05, 4.69) is 0 Å². The van der Waals surface area contributed by atoms with E-state index in [0.29, 0.717) is 36.0 Å². The minimum absolute atomic E-state index is 0.185. The van der Waals surface area contributed by atoms with E-state index in [1.807, 2.05) is 93.6 Å². The molecule has 0 aliphatic carbocycles. The van der Waals surface area contributed by atoms with Crippen LogP contribution < -0.4 is 0 Å². The average molecular weight is 643 g/mol. The summed E-state index contributed by atoms with van der Waals surface area (Å²) in [7, 11) is -5.09. The van der Waals surface area contributed by atoms with E-state index < -0.39 is 39.5 Å². The van der Waals surface area contributed by atoms with Gasteiger partial charge in [-0.25, -0.2) is 21.6 Å². The Balaban J connectivity index is 0.000000448. The highest BCUT2D eigenvalue weighted by molar-refractivity contribution is 7.97. The zero-order valence-electron chi connectivity index (χ0n) is 25.5. The molecule has 0 aromatic heterocycles. The Morgan fingerprint density at radius 3 is 1.11 bits per heavy atom. The lowest BCUT2D eigenvalue weighted by Crippen LogP contribution is -2.14. The summed E-state index contributed by atoms with van der Waals surface area (Å²) in [5.74, 6) is 0. The normalized spacial score (nSPS) is 14.2. The topological polar surface area (TPSA) is 57.2 Å². The van der Waals surface area contributed by atoms with Crippen LogP contribution in [0.3, 0.4) is 0 Å². The van der Waals surface area contributed by atoms with Crippen molar-refractivity contribution >= 4 is 21.0 Å². The lowest BCUT2D eigenvalue weighted by molar-refractivity contribution is 0.314. The summed E-state index contributed by atoms with van der Waals surface area (Å²) >= 11 is 0. The van der Waals surface area contributed by atoms with Gasteiger partial charge in [-0.15, -0.1) is 0 Å². The summed E-state index contributed by atoms with van der Waals surface area (Å²) in [6.45, 7) is 5.91. The number of hydrogen-bond donors (Lipinski definition) is 0. The van der Waals surface area contributed by atoms with Gasteiger partial charge in [0, 0.05) is 16.7 Å². The van der Waals surface area contributed by atoms with Crippen molar-refractivity contribution in [2.75, 3.05) is 0 Å². The molecule has 0 saturated heterocycles. The van der Waals surface area contributed by atoms with Gasteiger partial charge in [0.1, 0.15) is 39.5 Å². The van der Waals surface area contributed by atoms with Crippen molar-refractivity contribution < 1.29 is 26.1 Å². The van der Waals surface area contributed by atoms with Gasteiger partial charge in [-0.2, -0.15) is 0 Å². The molecule has 236 valence electrons. The van der Waals surface area contributed by atoms with Gasteiger partial charge in [0.25, 0.3) is 0 Å². The molecule has 0 N–H and O–H groups in total. The highest BCUT2D eigenvalue weighted by Crippen LogP contribution is 2.44. The van der Waals surface area contributed by atoms with Gasteiger partial charge in [0.2, 0.25) is 0 Å². The van der Waals surface area contributed by atoms with Gasteiger partial charge in [0.05, 0.1) is 4.90 Å². The van der Waals surface area contributed by atoms with E-state index >= 15 is 13.2 Å². The number of rotatable bonds is 13. The molecule has 8 heteroatoms. The quantitative estimate of drug-likeness (QED) is 0.108. The van der Waals surface area contributed by atoms with Crippen LogP contribution in [0.25, 0.3) is 0 Å². The van der Waals surface area contributed by atoms with Crippen LogP contribution >= 0.6 is 0 Å². The van der Waals surface area contributed by atoms with Gasteiger partial charge in [0.15, 0.2) is 14.7 Å². The third-order valence-corrected chi connectivity index (χ3v) is 10.4. The number of alkyl halides is 3. The average Bonchev–Trinajstić information content (AvgIpc) is 3.02. The van der Waals surface area contributed by atoms with E-state index in [1.165, 1.54) is 24.3 Å². The minimum atomic E-state index is -4.25. The summed E-state index contributed by atoms with van der Waals surface area (Å²) in [4.78, 5) is 2.26. The van der Waals surface area contributed by atoms with Crippen LogP contribution in [0.2, 0.25) is 0 Å². The van der Waals surface area contributed by atoms with Crippen molar-refractivity contribution in [1.29, 1.82) is 0 Å². The Kier molecular flexibility index (Phi) is 14.0. The molecule has 0 amide bonds. The van der Waals surface area contributed by atoms with Gasteiger partial charge < -0.3 is 4.55 Å². The zero-order chi connectivity index (χ0) is 32.1. The first-order chi connectivity index (χ1) is 21.1. The van der Waals surface area contributed by atoms with Gasteiger partial charge in [-0.05, 0) is 49.6 Å². The van der Waals surface area contributed by atoms with Crippen LogP contribution in [-0.4, -0.2) is 13.0 Å². The molecule has 4 aromatic carbocycles. The second kappa shape index (κ2) is 17.4. The standard InChI is InChI=1S/C30H36F3S.C6H6O3S/c1-4-13-25(31)22-16-7-10-19-28(22)34(29-20-11-8-17-23(29)26(32)14-5-2)30-21-12-9-18-24(30)27(33)15-6-3;7-10(8,9)6-4-2-1-3-5-6/h7-12,16-21,25-27H,4-6,13-15H2,1-3H3;1-5H,(H,7,8,9)/q+1;/p-1. The lowest BCUT2D eigenvalue weighted by atomic mass is 10.1. The molecule has 44 heavy (non-hydrogen) atoms. The van der Waals surface area contributed by atoms with Crippen molar-refractivity contribution in [2.24, 2.45) is 0 Å². The van der Waals surface area contributed by atoms with E-state index in [-0.39, 0.29) is 4.90 Å². The van der Waals surface area contributed by atoms with Crippen molar-refractivity contribution in [3.8, 4) is 0 Å². The Bertz CT molecular complexity index is 1420.